The topological polar surface area (TPSA) is 123 Å². The lowest BCUT2D eigenvalue weighted by Crippen LogP contribution is -2.42. The Morgan fingerprint density at radius 2 is 1.58 bits per heavy atom. The lowest BCUT2D eigenvalue weighted by atomic mass is 9.97. The molecule has 31 heavy (non-hydrogen) atoms. The Bertz CT molecular complexity index is 745. The average Bonchev–Trinajstić information content (AvgIpc) is 2.74. The third kappa shape index (κ3) is 7.45. The maximum absolute atomic E-state index is 12.5. The number of nitrogens with one attached hydrogen (secondary N) is 1. The average molecular weight is 430 g/mol. The summed E-state index contributed by atoms with van der Waals surface area (Å²) in [4.78, 5) is 30.7. The number of carbonyl (C=O) groups excluding carboxylic acids is 2. The minimum Gasteiger partial charge on any atom is -0.446 e. The number of guanidine groups is 1. The van der Waals surface area contributed by atoms with E-state index in [2.05, 4.69) is 10.3 Å². The summed E-state index contributed by atoms with van der Waals surface area (Å²) in [6, 6.07) is 6.81. The highest BCUT2D eigenvalue weighted by atomic mass is 16.6. The van der Waals surface area contributed by atoms with Gasteiger partial charge in [0.25, 0.3) is 5.91 Å². The number of nitrogens with zero attached hydrogens (tertiary/aromatic N) is 2. The summed E-state index contributed by atoms with van der Waals surface area (Å²) in [6.07, 6.45) is 9.69. The zero-order chi connectivity index (χ0) is 22.1. The van der Waals surface area contributed by atoms with Crippen molar-refractivity contribution in [2.45, 2.75) is 63.9 Å². The van der Waals surface area contributed by atoms with Gasteiger partial charge in [0.2, 0.25) is 0 Å². The van der Waals surface area contributed by atoms with E-state index in [0.717, 1.165) is 38.5 Å². The fourth-order valence-corrected chi connectivity index (χ4v) is 4.25. The van der Waals surface area contributed by atoms with Crippen LogP contribution in [0.5, 0.6) is 0 Å². The smallest absolute Gasteiger partial charge is 0.410 e. The highest BCUT2D eigenvalue weighted by Gasteiger charge is 2.26. The molecule has 0 radical (unpaired) electrons. The third-order valence-corrected chi connectivity index (χ3v) is 6.13. The van der Waals surface area contributed by atoms with Crippen molar-refractivity contribution in [3.05, 3.63) is 29.8 Å². The van der Waals surface area contributed by atoms with Crippen LogP contribution in [-0.4, -0.2) is 48.6 Å². The van der Waals surface area contributed by atoms with Crippen LogP contribution >= 0.6 is 0 Å². The largest absolute Gasteiger partial charge is 0.446 e. The Morgan fingerprint density at radius 1 is 0.968 bits per heavy atom. The van der Waals surface area contributed by atoms with Crippen LogP contribution in [0.2, 0.25) is 0 Å². The van der Waals surface area contributed by atoms with E-state index in [1.165, 1.54) is 19.3 Å². The molecule has 8 nitrogen and oxygen atoms in total. The van der Waals surface area contributed by atoms with Gasteiger partial charge in [0, 0.05) is 25.2 Å². The normalized spacial score (nSPS) is 18.5. The Balaban J connectivity index is 1.38. The summed E-state index contributed by atoms with van der Waals surface area (Å²) in [5.74, 6) is 0.217. The predicted molar refractivity (Wildman–Crippen MR) is 121 cm³/mol. The first-order valence-corrected chi connectivity index (χ1v) is 11.4. The van der Waals surface area contributed by atoms with Crippen LogP contribution in [0.4, 0.5) is 10.5 Å². The van der Waals surface area contributed by atoms with E-state index < -0.39 is 0 Å². The van der Waals surface area contributed by atoms with Crippen molar-refractivity contribution in [1.82, 2.24) is 10.2 Å². The molecule has 0 bridgehead atoms. The van der Waals surface area contributed by atoms with Gasteiger partial charge in [0.05, 0.1) is 5.69 Å². The molecule has 1 aliphatic carbocycles. The second kappa shape index (κ2) is 11.6. The molecule has 2 aliphatic rings. The molecule has 2 amide bonds. The Kier molecular flexibility index (Phi) is 8.55. The van der Waals surface area contributed by atoms with Gasteiger partial charge >= 0.3 is 6.09 Å². The van der Waals surface area contributed by atoms with Gasteiger partial charge in [-0.15, -0.1) is 0 Å². The van der Waals surface area contributed by atoms with Crippen LogP contribution in [0.1, 0.15) is 68.1 Å². The van der Waals surface area contributed by atoms with Gasteiger partial charge < -0.3 is 26.4 Å². The maximum atomic E-state index is 12.5. The molecule has 1 aromatic rings. The molecule has 1 saturated heterocycles. The van der Waals surface area contributed by atoms with Crippen LogP contribution in [0.3, 0.4) is 0 Å². The summed E-state index contributed by atoms with van der Waals surface area (Å²) in [5.41, 5.74) is 11.9. The van der Waals surface area contributed by atoms with Crippen molar-refractivity contribution >= 4 is 23.6 Å². The molecule has 3 rings (SSSR count). The first-order valence-electron chi connectivity index (χ1n) is 11.4. The molecular formula is C23H35N5O3. The number of likely N-dealkylation sites (tertiary alicyclic amines) is 1. The monoisotopic (exact) mass is 429 g/mol. The molecule has 170 valence electrons. The molecular weight excluding hydrogens is 394 g/mol. The second-order valence-electron chi connectivity index (χ2n) is 8.57. The zero-order valence-corrected chi connectivity index (χ0v) is 18.2. The number of benzene rings is 1. The molecule has 1 aliphatic heterocycles. The van der Waals surface area contributed by atoms with E-state index in [4.69, 9.17) is 16.2 Å². The van der Waals surface area contributed by atoms with E-state index in [0.29, 0.717) is 36.8 Å². The minimum absolute atomic E-state index is 0.0166. The van der Waals surface area contributed by atoms with Gasteiger partial charge in [-0.05, 0) is 68.7 Å². The number of amides is 2. The van der Waals surface area contributed by atoms with Crippen LogP contribution in [0.25, 0.3) is 0 Å². The molecule has 0 aromatic heterocycles. The predicted octanol–water partition coefficient (Wildman–Crippen LogP) is 3.28. The van der Waals surface area contributed by atoms with Gasteiger partial charge in [0.1, 0.15) is 6.10 Å². The fourth-order valence-electron chi connectivity index (χ4n) is 4.25. The summed E-state index contributed by atoms with van der Waals surface area (Å²) in [5, 5.41) is 2.99. The first kappa shape index (κ1) is 22.9. The zero-order valence-electron chi connectivity index (χ0n) is 18.2. The maximum Gasteiger partial charge on any atom is 0.410 e. The van der Waals surface area contributed by atoms with Crippen molar-refractivity contribution in [1.29, 1.82) is 0 Å². The molecule has 5 N–H and O–H groups in total. The molecule has 1 saturated carbocycles. The molecule has 8 heteroatoms. The van der Waals surface area contributed by atoms with Crippen molar-refractivity contribution in [3.8, 4) is 0 Å². The number of nitrogens with two attached hydrogens (primary N) is 2. The standard InChI is InChI=1S/C23H35N5O3/c24-22(25)27-19-10-8-18(9-11-19)21(29)26-16-17-12-14-28(15-13-17)23(30)31-20-6-4-2-1-3-5-7-20/h8-11,17,20H,1-7,12-16H2,(H,26,29)(H4,24,25,27). The van der Waals surface area contributed by atoms with Gasteiger partial charge in [-0.2, -0.15) is 0 Å². The number of ether oxygens (including phenoxy) is 1. The number of hydrogen-bond acceptors (Lipinski definition) is 4. The van der Waals surface area contributed by atoms with E-state index >= 15 is 0 Å². The number of rotatable bonds is 5. The summed E-state index contributed by atoms with van der Waals surface area (Å²) in [6.45, 7) is 1.96. The molecule has 0 spiro atoms. The van der Waals surface area contributed by atoms with Gasteiger partial charge in [-0.1, -0.05) is 19.3 Å². The van der Waals surface area contributed by atoms with E-state index in [-0.39, 0.29) is 24.1 Å². The summed E-state index contributed by atoms with van der Waals surface area (Å²) in [7, 11) is 0. The quantitative estimate of drug-likeness (QED) is 0.489. The molecule has 0 unspecified atom stereocenters. The molecule has 2 fully saturated rings. The molecule has 1 aromatic carbocycles. The van der Waals surface area contributed by atoms with Crippen molar-refractivity contribution in [2.75, 3.05) is 19.6 Å². The highest BCUT2D eigenvalue weighted by molar-refractivity contribution is 5.94. The van der Waals surface area contributed by atoms with Crippen LogP contribution in [0.15, 0.2) is 29.3 Å². The summed E-state index contributed by atoms with van der Waals surface area (Å²) >= 11 is 0. The highest BCUT2D eigenvalue weighted by Crippen LogP contribution is 2.22. The SMILES string of the molecule is NC(N)=Nc1ccc(C(=O)NCC2CCN(C(=O)OC3CCCCCCC3)CC2)cc1. The van der Waals surface area contributed by atoms with Crippen molar-refractivity contribution in [2.24, 2.45) is 22.4 Å². The van der Waals surface area contributed by atoms with Crippen LogP contribution in [-0.2, 0) is 4.74 Å². The Morgan fingerprint density at radius 3 is 2.19 bits per heavy atom. The molecule has 0 atom stereocenters. The Labute approximate surface area is 184 Å². The van der Waals surface area contributed by atoms with Crippen molar-refractivity contribution < 1.29 is 14.3 Å². The van der Waals surface area contributed by atoms with Crippen molar-refractivity contribution in [3.63, 3.8) is 0 Å². The number of aliphatic imine (C=N–C) groups is 1. The van der Waals surface area contributed by atoms with E-state index in [1.807, 2.05) is 4.90 Å². The van der Waals surface area contributed by atoms with Crippen LogP contribution < -0.4 is 16.8 Å². The number of hydrogen-bond donors (Lipinski definition) is 3. The minimum atomic E-state index is -0.172. The number of carbonyl (C=O) groups is 2. The van der Waals surface area contributed by atoms with E-state index in [9.17, 15) is 9.59 Å². The Hall–Kier alpha value is -2.77. The lowest BCUT2D eigenvalue weighted by Gasteiger charge is -2.32. The second-order valence-corrected chi connectivity index (χ2v) is 8.57. The van der Waals surface area contributed by atoms with Gasteiger partial charge in [0.15, 0.2) is 5.96 Å². The van der Waals surface area contributed by atoms with E-state index in [1.54, 1.807) is 24.3 Å². The molecule has 1 heterocycles. The summed E-state index contributed by atoms with van der Waals surface area (Å²) < 4.78 is 5.78. The first-order chi connectivity index (χ1) is 15.0. The fraction of sp³-hybridized carbons (Fsp3) is 0.609. The van der Waals surface area contributed by atoms with Crippen LogP contribution in [0, 0.1) is 5.92 Å². The number of piperidine rings is 1. The lowest BCUT2D eigenvalue weighted by molar-refractivity contribution is 0.0421. The van der Waals surface area contributed by atoms with Gasteiger partial charge in [-0.3, -0.25) is 4.79 Å². The third-order valence-electron chi connectivity index (χ3n) is 6.13. The van der Waals surface area contributed by atoms with Gasteiger partial charge in [-0.25, -0.2) is 9.79 Å².